The summed E-state index contributed by atoms with van der Waals surface area (Å²) in [5.41, 5.74) is 7.76. The van der Waals surface area contributed by atoms with Crippen molar-refractivity contribution >= 4 is 29.5 Å². The van der Waals surface area contributed by atoms with Gasteiger partial charge in [0.05, 0.1) is 17.4 Å². The number of ether oxygens (including phenoxy) is 1. The molecule has 2 aliphatic rings. The summed E-state index contributed by atoms with van der Waals surface area (Å²) in [6, 6.07) is 5.43. The molecule has 4 N–H and O–H groups in total. The monoisotopic (exact) mass is 535 g/mol. The van der Waals surface area contributed by atoms with E-state index in [-0.39, 0.29) is 29.3 Å². The first-order valence-electron chi connectivity index (χ1n) is 12.6. The van der Waals surface area contributed by atoms with Crippen molar-refractivity contribution in [1.82, 2.24) is 9.88 Å². The first-order valence-corrected chi connectivity index (χ1v) is 12.6. The third-order valence-corrected chi connectivity index (χ3v) is 7.42. The van der Waals surface area contributed by atoms with E-state index in [1.165, 1.54) is 6.07 Å². The van der Waals surface area contributed by atoms with Crippen LogP contribution in [0.15, 0.2) is 30.5 Å². The molecule has 2 heterocycles. The largest absolute Gasteiger partial charge is 0.573 e. The van der Waals surface area contributed by atoms with E-state index in [9.17, 15) is 27.9 Å². The summed E-state index contributed by atoms with van der Waals surface area (Å²) in [4.78, 5) is 32.4. The predicted molar refractivity (Wildman–Crippen MR) is 136 cm³/mol. The molecule has 0 unspecified atom stereocenters. The lowest BCUT2D eigenvalue weighted by Gasteiger charge is -2.38. The number of nitrogen functional groups attached to an aromatic ring is 1. The summed E-state index contributed by atoms with van der Waals surface area (Å²) in [6.45, 7) is 0.857. The zero-order valence-corrected chi connectivity index (χ0v) is 21.1. The second-order valence-corrected chi connectivity index (χ2v) is 9.84. The number of alkyl halides is 3. The van der Waals surface area contributed by atoms with Gasteiger partial charge in [0.1, 0.15) is 5.75 Å². The van der Waals surface area contributed by atoms with Crippen LogP contribution in [0.2, 0.25) is 0 Å². The molecule has 1 aromatic carbocycles. The van der Waals surface area contributed by atoms with Gasteiger partial charge in [0, 0.05) is 44.1 Å². The molecule has 0 atom stereocenters. The highest BCUT2D eigenvalue weighted by Gasteiger charge is 2.32. The molecule has 2 fully saturated rings. The number of hydrogen-bond donors (Lipinski definition) is 3. The number of aromatic nitrogens is 1. The highest BCUT2D eigenvalue weighted by atomic mass is 19.4. The number of carbonyl (C=O) groups is 2. The molecular weight excluding hydrogens is 503 g/mol. The van der Waals surface area contributed by atoms with E-state index in [1.54, 1.807) is 11.1 Å². The van der Waals surface area contributed by atoms with Gasteiger partial charge >= 0.3 is 6.36 Å². The number of aliphatic hydroxyl groups excluding tert-OH is 1. The number of nitrogens with zero attached hydrogens (tertiary/aromatic N) is 3. The minimum absolute atomic E-state index is 0.0661. The number of amides is 2. The minimum Gasteiger partial charge on any atom is -0.406 e. The fourth-order valence-electron chi connectivity index (χ4n) is 5.29. The number of pyridine rings is 1. The zero-order valence-electron chi connectivity index (χ0n) is 21.1. The Hall–Kier alpha value is -3.54. The van der Waals surface area contributed by atoms with Gasteiger partial charge in [0.25, 0.3) is 5.91 Å². The number of anilines is 3. The van der Waals surface area contributed by atoms with Crippen LogP contribution in [-0.2, 0) is 4.79 Å². The summed E-state index contributed by atoms with van der Waals surface area (Å²) < 4.78 is 41.3. The zero-order chi connectivity index (χ0) is 27.4. The molecular formula is C26H32F3N5O4. The number of rotatable bonds is 7. The van der Waals surface area contributed by atoms with Crippen LogP contribution in [0.3, 0.4) is 0 Å². The normalized spacial score (nSPS) is 20.6. The quantitative estimate of drug-likeness (QED) is 0.363. The smallest absolute Gasteiger partial charge is 0.406 e. The molecule has 0 radical (unpaired) electrons. The average Bonchev–Trinajstić information content (AvgIpc) is 2.88. The summed E-state index contributed by atoms with van der Waals surface area (Å²) in [5.74, 6) is -0.0868. The number of piperidine rings is 1. The molecule has 1 aliphatic carbocycles. The van der Waals surface area contributed by atoms with Gasteiger partial charge in [0.2, 0.25) is 6.41 Å². The van der Waals surface area contributed by atoms with E-state index in [0.717, 1.165) is 49.1 Å². The second-order valence-electron chi connectivity index (χ2n) is 9.84. The van der Waals surface area contributed by atoms with Crippen molar-refractivity contribution in [3.8, 4) is 5.75 Å². The maximum Gasteiger partial charge on any atom is 0.573 e. The SMILES string of the molecule is CN(c1cc(C2CCC(O)CC2)cnc1NC=O)C1CCN(C(=O)c2ccc(OC(F)(F)F)cc2N)CC1. The molecule has 4 rings (SSSR count). The Balaban J connectivity index is 1.43. The lowest BCUT2D eigenvalue weighted by molar-refractivity contribution is -0.274. The van der Waals surface area contributed by atoms with Crippen molar-refractivity contribution in [3.63, 3.8) is 0 Å². The van der Waals surface area contributed by atoms with Crippen molar-refractivity contribution in [2.75, 3.05) is 36.1 Å². The highest BCUT2D eigenvalue weighted by Crippen LogP contribution is 2.37. The lowest BCUT2D eigenvalue weighted by atomic mass is 9.83. The topological polar surface area (TPSA) is 121 Å². The average molecular weight is 536 g/mol. The molecule has 1 saturated heterocycles. The second kappa shape index (κ2) is 11.5. The predicted octanol–water partition coefficient (Wildman–Crippen LogP) is 3.89. The van der Waals surface area contributed by atoms with Gasteiger partial charge in [-0.25, -0.2) is 4.98 Å². The van der Waals surface area contributed by atoms with E-state index >= 15 is 0 Å². The summed E-state index contributed by atoms with van der Waals surface area (Å²) in [5, 5.41) is 12.5. The number of likely N-dealkylation sites (tertiary alicyclic amines) is 1. The minimum atomic E-state index is -4.85. The number of aliphatic hydroxyl groups is 1. The number of hydrogen-bond acceptors (Lipinski definition) is 7. The van der Waals surface area contributed by atoms with Crippen molar-refractivity contribution in [1.29, 1.82) is 0 Å². The molecule has 2 amide bonds. The van der Waals surface area contributed by atoms with Gasteiger partial charge in [-0.15, -0.1) is 13.2 Å². The van der Waals surface area contributed by atoms with E-state index in [1.807, 2.05) is 13.1 Å². The first kappa shape index (κ1) is 27.5. The van der Waals surface area contributed by atoms with Crippen LogP contribution >= 0.6 is 0 Å². The molecule has 1 aromatic heterocycles. The Morgan fingerprint density at radius 1 is 1.18 bits per heavy atom. The molecule has 2 aromatic rings. The summed E-state index contributed by atoms with van der Waals surface area (Å²) >= 11 is 0. The molecule has 0 bridgehead atoms. The maximum absolute atomic E-state index is 13.0. The van der Waals surface area contributed by atoms with Gasteiger partial charge in [-0.2, -0.15) is 0 Å². The molecule has 1 saturated carbocycles. The van der Waals surface area contributed by atoms with Crippen molar-refractivity contribution in [3.05, 3.63) is 41.6 Å². The number of nitrogens with one attached hydrogen (secondary N) is 1. The Morgan fingerprint density at radius 3 is 2.47 bits per heavy atom. The van der Waals surface area contributed by atoms with E-state index in [0.29, 0.717) is 44.1 Å². The Kier molecular flexibility index (Phi) is 8.29. The van der Waals surface area contributed by atoms with Gasteiger partial charge in [-0.05, 0) is 68.2 Å². The number of benzene rings is 1. The van der Waals surface area contributed by atoms with Crippen LogP contribution in [0.5, 0.6) is 5.75 Å². The van der Waals surface area contributed by atoms with Crippen LogP contribution in [0.25, 0.3) is 0 Å². The fourth-order valence-corrected chi connectivity index (χ4v) is 5.29. The third kappa shape index (κ3) is 6.47. The van der Waals surface area contributed by atoms with E-state index in [4.69, 9.17) is 5.73 Å². The van der Waals surface area contributed by atoms with Crippen molar-refractivity contribution < 1.29 is 32.6 Å². The molecule has 0 spiro atoms. The lowest BCUT2D eigenvalue weighted by Crippen LogP contribution is -2.46. The molecule has 38 heavy (non-hydrogen) atoms. The summed E-state index contributed by atoms with van der Waals surface area (Å²) in [6.07, 6.45) is 1.79. The third-order valence-electron chi connectivity index (χ3n) is 7.42. The fraction of sp³-hybridized carbons (Fsp3) is 0.500. The molecule has 1 aliphatic heterocycles. The standard InChI is InChI=1S/C26H32F3N5O4/c1-33(23-12-17(14-31-24(23)32-15-35)16-2-4-19(36)5-3-16)18-8-10-34(11-9-18)25(37)21-7-6-20(13-22(21)30)38-26(27,28)29/h6-7,12-16,18-19,36H,2-5,8-11,30H2,1H3,(H,31,32,35). The van der Waals surface area contributed by atoms with Crippen LogP contribution in [-0.4, -0.2) is 66.0 Å². The van der Waals surface area contributed by atoms with Crippen LogP contribution in [0, 0.1) is 0 Å². The van der Waals surface area contributed by atoms with E-state index < -0.39 is 12.1 Å². The van der Waals surface area contributed by atoms with Gasteiger partial charge in [-0.3, -0.25) is 9.59 Å². The van der Waals surface area contributed by atoms with Gasteiger partial charge < -0.3 is 30.7 Å². The van der Waals surface area contributed by atoms with Crippen molar-refractivity contribution in [2.45, 2.75) is 63.0 Å². The summed E-state index contributed by atoms with van der Waals surface area (Å²) in [7, 11) is 1.93. The Bertz CT molecular complexity index is 1150. The van der Waals surface area contributed by atoms with Crippen LogP contribution in [0.4, 0.5) is 30.4 Å². The Morgan fingerprint density at radius 2 is 1.87 bits per heavy atom. The number of carbonyl (C=O) groups excluding carboxylic acids is 2. The highest BCUT2D eigenvalue weighted by molar-refractivity contribution is 5.99. The number of halogens is 3. The Labute approximate surface area is 218 Å². The van der Waals surface area contributed by atoms with Gasteiger partial charge in [0.15, 0.2) is 5.82 Å². The van der Waals surface area contributed by atoms with Gasteiger partial charge in [-0.1, -0.05) is 0 Å². The van der Waals surface area contributed by atoms with Crippen LogP contribution in [0.1, 0.15) is 60.4 Å². The molecule has 12 heteroatoms. The van der Waals surface area contributed by atoms with Crippen molar-refractivity contribution in [2.24, 2.45) is 0 Å². The van der Waals surface area contributed by atoms with E-state index in [2.05, 4.69) is 19.9 Å². The maximum atomic E-state index is 13.0. The number of nitrogens with two attached hydrogens (primary N) is 1. The first-order chi connectivity index (χ1) is 18.1. The van der Waals surface area contributed by atoms with Crippen LogP contribution < -0.4 is 20.7 Å². The molecule has 9 nitrogen and oxygen atoms in total. The molecule has 206 valence electrons.